The molecule has 0 saturated carbocycles. The van der Waals surface area contributed by atoms with E-state index in [0.717, 1.165) is 5.69 Å². The fraction of sp³-hybridized carbons (Fsp3) is 0.500. The summed E-state index contributed by atoms with van der Waals surface area (Å²) in [6.07, 6.45) is 0.557. The van der Waals surface area contributed by atoms with Crippen LogP contribution in [0, 0.1) is 18.7 Å². The fourth-order valence-corrected chi connectivity index (χ4v) is 2.33. The van der Waals surface area contributed by atoms with Gasteiger partial charge in [-0.05, 0) is 31.5 Å². The number of Topliss-reactive ketones (excluding diaryl/α,β-unsaturated/α-hetero) is 1. The molecule has 1 aromatic rings. The summed E-state index contributed by atoms with van der Waals surface area (Å²) in [6.45, 7) is 6.42. The zero-order chi connectivity index (χ0) is 12.6. The van der Waals surface area contributed by atoms with Crippen molar-refractivity contribution in [2.75, 3.05) is 11.4 Å². The van der Waals surface area contributed by atoms with E-state index in [1.807, 2.05) is 19.9 Å². The number of anilines is 1. The topological polar surface area (TPSA) is 20.3 Å². The molecule has 2 rings (SSSR count). The lowest BCUT2D eigenvalue weighted by atomic mass is 9.90. The van der Waals surface area contributed by atoms with Crippen LogP contribution in [-0.4, -0.2) is 18.4 Å². The normalized spacial score (nSPS) is 25.2. The number of nitrogens with zero attached hydrogens (tertiary/aromatic N) is 1. The lowest BCUT2D eigenvalue weighted by Crippen LogP contribution is -2.47. The molecule has 0 aliphatic carbocycles. The number of aryl methyl sites for hydroxylation is 1. The van der Waals surface area contributed by atoms with Crippen LogP contribution < -0.4 is 4.90 Å². The van der Waals surface area contributed by atoms with Gasteiger partial charge >= 0.3 is 0 Å². The molecule has 2 nitrogen and oxygen atoms in total. The highest BCUT2D eigenvalue weighted by molar-refractivity contribution is 5.84. The molecule has 1 saturated heterocycles. The molecule has 2 unspecified atom stereocenters. The second-order valence-electron chi connectivity index (χ2n) is 4.87. The fourth-order valence-electron chi connectivity index (χ4n) is 2.33. The van der Waals surface area contributed by atoms with Gasteiger partial charge in [0.1, 0.15) is 11.6 Å². The molecule has 1 heterocycles. The number of piperidine rings is 1. The van der Waals surface area contributed by atoms with Crippen molar-refractivity contribution in [2.24, 2.45) is 5.92 Å². The van der Waals surface area contributed by atoms with E-state index in [2.05, 4.69) is 4.90 Å². The number of carbonyl (C=O) groups is 1. The molecular formula is C14H18FNO. The van der Waals surface area contributed by atoms with E-state index in [1.54, 1.807) is 19.1 Å². The van der Waals surface area contributed by atoms with Crippen LogP contribution in [0.25, 0.3) is 0 Å². The van der Waals surface area contributed by atoms with E-state index in [1.165, 1.54) is 0 Å². The molecule has 1 aliphatic rings. The number of hydrogen-bond acceptors (Lipinski definition) is 2. The van der Waals surface area contributed by atoms with Crippen molar-refractivity contribution in [3.05, 3.63) is 29.6 Å². The number of ketones is 1. The molecule has 0 amide bonds. The van der Waals surface area contributed by atoms with E-state index in [4.69, 9.17) is 0 Å². The van der Waals surface area contributed by atoms with Crippen LogP contribution in [0.1, 0.15) is 25.8 Å². The summed E-state index contributed by atoms with van der Waals surface area (Å²) in [4.78, 5) is 13.7. The number of rotatable bonds is 1. The monoisotopic (exact) mass is 235 g/mol. The van der Waals surface area contributed by atoms with Gasteiger partial charge in [-0.2, -0.15) is 0 Å². The minimum atomic E-state index is -0.181. The summed E-state index contributed by atoms with van der Waals surface area (Å²) in [7, 11) is 0. The van der Waals surface area contributed by atoms with Crippen molar-refractivity contribution in [2.45, 2.75) is 33.2 Å². The van der Waals surface area contributed by atoms with Gasteiger partial charge < -0.3 is 4.90 Å². The Morgan fingerprint density at radius 3 is 2.71 bits per heavy atom. The van der Waals surface area contributed by atoms with Crippen molar-refractivity contribution in [3.63, 3.8) is 0 Å². The Hall–Kier alpha value is -1.38. The quantitative estimate of drug-likeness (QED) is 0.746. The van der Waals surface area contributed by atoms with Crippen LogP contribution in [0.4, 0.5) is 10.1 Å². The molecule has 2 atom stereocenters. The van der Waals surface area contributed by atoms with E-state index in [-0.39, 0.29) is 17.8 Å². The summed E-state index contributed by atoms with van der Waals surface area (Å²) in [5, 5.41) is 0. The third-order valence-corrected chi connectivity index (χ3v) is 3.81. The first-order valence-corrected chi connectivity index (χ1v) is 6.06. The first-order chi connectivity index (χ1) is 8.00. The van der Waals surface area contributed by atoms with Gasteiger partial charge in [0.25, 0.3) is 0 Å². The summed E-state index contributed by atoms with van der Waals surface area (Å²) < 4.78 is 13.5. The molecule has 1 aliphatic heterocycles. The highest BCUT2D eigenvalue weighted by atomic mass is 19.1. The van der Waals surface area contributed by atoms with Crippen molar-refractivity contribution in [1.29, 1.82) is 0 Å². The van der Waals surface area contributed by atoms with E-state index in [0.29, 0.717) is 24.3 Å². The molecule has 0 spiro atoms. The lowest BCUT2D eigenvalue weighted by molar-refractivity contribution is -0.123. The number of carbonyl (C=O) groups excluding carboxylic acids is 1. The van der Waals surface area contributed by atoms with E-state index >= 15 is 0 Å². The first-order valence-electron chi connectivity index (χ1n) is 6.06. The third kappa shape index (κ3) is 2.19. The van der Waals surface area contributed by atoms with Crippen molar-refractivity contribution in [1.82, 2.24) is 0 Å². The number of hydrogen-bond donors (Lipinski definition) is 0. The maximum atomic E-state index is 13.5. The maximum Gasteiger partial charge on any atom is 0.139 e. The average molecular weight is 235 g/mol. The third-order valence-electron chi connectivity index (χ3n) is 3.81. The Balaban J connectivity index is 2.27. The van der Waals surface area contributed by atoms with Crippen LogP contribution in [0.3, 0.4) is 0 Å². The van der Waals surface area contributed by atoms with Gasteiger partial charge in [-0.3, -0.25) is 4.79 Å². The molecule has 0 N–H and O–H groups in total. The highest BCUT2D eigenvalue weighted by Gasteiger charge is 2.30. The van der Waals surface area contributed by atoms with Gasteiger partial charge in [-0.1, -0.05) is 13.0 Å². The van der Waals surface area contributed by atoms with Gasteiger partial charge in [-0.25, -0.2) is 4.39 Å². The largest absolute Gasteiger partial charge is 0.368 e. The molecule has 0 radical (unpaired) electrons. The van der Waals surface area contributed by atoms with E-state index in [9.17, 15) is 9.18 Å². The molecular weight excluding hydrogens is 217 g/mol. The predicted octanol–water partition coefficient (Wildman–Crippen LogP) is 2.94. The van der Waals surface area contributed by atoms with Crippen molar-refractivity contribution < 1.29 is 9.18 Å². The second-order valence-corrected chi connectivity index (χ2v) is 4.87. The molecule has 92 valence electrons. The van der Waals surface area contributed by atoms with Crippen LogP contribution in [-0.2, 0) is 4.79 Å². The first kappa shape index (κ1) is 12.1. The summed E-state index contributed by atoms with van der Waals surface area (Å²) in [5.41, 5.74) is 1.53. The van der Waals surface area contributed by atoms with Crippen LogP contribution in [0.2, 0.25) is 0 Å². The average Bonchev–Trinajstić information content (AvgIpc) is 2.30. The van der Waals surface area contributed by atoms with Crippen molar-refractivity contribution >= 4 is 11.5 Å². The Bertz CT molecular complexity index is 444. The summed E-state index contributed by atoms with van der Waals surface area (Å²) >= 11 is 0. The Labute approximate surface area is 101 Å². The molecule has 0 bridgehead atoms. The molecule has 1 aromatic carbocycles. The standard InChI is InChI=1S/C14H18FNO/c1-9-4-5-12(8-13(9)15)16-7-6-14(17)10(2)11(16)3/h4-5,8,10-11H,6-7H2,1-3H3. The molecule has 3 heteroatoms. The summed E-state index contributed by atoms with van der Waals surface area (Å²) in [5.74, 6) is 0.147. The Morgan fingerprint density at radius 2 is 2.06 bits per heavy atom. The molecule has 0 aromatic heterocycles. The van der Waals surface area contributed by atoms with Gasteiger partial charge in [0.2, 0.25) is 0 Å². The van der Waals surface area contributed by atoms with Gasteiger partial charge in [0.15, 0.2) is 0 Å². The smallest absolute Gasteiger partial charge is 0.139 e. The van der Waals surface area contributed by atoms with Gasteiger partial charge in [-0.15, -0.1) is 0 Å². The van der Waals surface area contributed by atoms with Crippen molar-refractivity contribution in [3.8, 4) is 0 Å². The maximum absolute atomic E-state index is 13.5. The van der Waals surface area contributed by atoms with Gasteiger partial charge in [0, 0.05) is 30.6 Å². The highest BCUT2D eigenvalue weighted by Crippen LogP contribution is 2.27. The zero-order valence-corrected chi connectivity index (χ0v) is 10.5. The minimum Gasteiger partial charge on any atom is -0.368 e. The number of benzene rings is 1. The zero-order valence-electron chi connectivity index (χ0n) is 10.5. The lowest BCUT2D eigenvalue weighted by Gasteiger charge is -2.38. The molecule has 1 fully saturated rings. The van der Waals surface area contributed by atoms with E-state index < -0.39 is 0 Å². The molecule has 17 heavy (non-hydrogen) atoms. The van der Waals surface area contributed by atoms with Crippen LogP contribution in [0.5, 0.6) is 0 Å². The predicted molar refractivity (Wildman–Crippen MR) is 66.7 cm³/mol. The van der Waals surface area contributed by atoms with Crippen LogP contribution in [0.15, 0.2) is 18.2 Å². The number of halogens is 1. The second kappa shape index (κ2) is 4.47. The Morgan fingerprint density at radius 1 is 1.35 bits per heavy atom. The minimum absolute atomic E-state index is 0.0214. The SMILES string of the molecule is Cc1ccc(N2CCC(=O)C(C)C2C)cc1F. The van der Waals surface area contributed by atoms with Gasteiger partial charge in [0.05, 0.1) is 0 Å². The van der Waals surface area contributed by atoms with Crippen LogP contribution >= 0.6 is 0 Å². The summed E-state index contributed by atoms with van der Waals surface area (Å²) in [6, 6.07) is 5.42. The Kier molecular flexibility index (Phi) is 3.18.